The molecule has 1 N–H and O–H groups in total. The van der Waals surface area contributed by atoms with E-state index < -0.39 is 0 Å². The van der Waals surface area contributed by atoms with Gasteiger partial charge in [0.05, 0.1) is 13.1 Å². The maximum atomic E-state index is 12.4. The molecule has 1 atom stereocenters. The van der Waals surface area contributed by atoms with Gasteiger partial charge < -0.3 is 19.9 Å². The molecule has 2 aliphatic heterocycles. The first-order valence-electron chi connectivity index (χ1n) is 9.52. The Bertz CT molecular complexity index is 684. The van der Waals surface area contributed by atoms with Crippen molar-refractivity contribution in [3.8, 4) is 0 Å². The van der Waals surface area contributed by atoms with Gasteiger partial charge in [0.1, 0.15) is 12.2 Å². The normalized spacial score (nSPS) is 22.5. The molecule has 2 fully saturated rings. The number of morpholine rings is 1. The smallest absolute Gasteiger partial charge is 0.317 e. The highest BCUT2D eigenvalue weighted by Gasteiger charge is 2.45. The van der Waals surface area contributed by atoms with E-state index in [1.807, 2.05) is 16.7 Å². The number of rotatable bonds is 6. The summed E-state index contributed by atoms with van der Waals surface area (Å²) in [7, 11) is 1.80. The van der Waals surface area contributed by atoms with Crippen LogP contribution in [0.3, 0.4) is 0 Å². The summed E-state index contributed by atoms with van der Waals surface area (Å²) in [5.74, 6) is 2.04. The molecule has 1 spiro atoms. The number of amides is 3. The van der Waals surface area contributed by atoms with Crippen LogP contribution >= 0.6 is 11.8 Å². The second-order valence-electron chi connectivity index (χ2n) is 7.46. The summed E-state index contributed by atoms with van der Waals surface area (Å²) < 4.78 is 5.78. The third-order valence-corrected chi connectivity index (χ3v) is 6.41. The van der Waals surface area contributed by atoms with E-state index in [0.717, 1.165) is 24.3 Å². The van der Waals surface area contributed by atoms with Crippen molar-refractivity contribution in [3.05, 3.63) is 35.4 Å². The first-order chi connectivity index (χ1) is 13.0. The molecule has 1 unspecified atom stereocenters. The molecule has 6 nitrogen and oxygen atoms in total. The van der Waals surface area contributed by atoms with Crippen LogP contribution in [-0.2, 0) is 15.3 Å². The number of hydrogen-bond donors (Lipinski definition) is 1. The summed E-state index contributed by atoms with van der Waals surface area (Å²) in [5, 5.41) is 3.01. The second kappa shape index (κ2) is 8.97. The quantitative estimate of drug-likeness (QED) is 0.756. The number of likely N-dealkylation sites (tertiary alicyclic amines) is 1. The van der Waals surface area contributed by atoms with Crippen molar-refractivity contribution >= 4 is 23.7 Å². The highest BCUT2D eigenvalue weighted by atomic mass is 32.2. The van der Waals surface area contributed by atoms with Gasteiger partial charge in [-0.05, 0) is 36.6 Å². The molecule has 1 aromatic rings. The zero-order valence-electron chi connectivity index (χ0n) is 16.2. The minimum atomic E-state index is -0.386. The number of benzene rings is 1. The van der Waals surface area contributed by atoms with Crippen molar-refractivity contribution in [2.45, 2.75) is 31.1 Å². The van der Waals surface area contributed by atoms with Gasteiger partial charge in [0, 0.05) is 25.9 Å². The van der Waals surface area contributed by atoms with Gasteiger partial charge in [-0.15, -0.1) is 0 Å². The van der Waals surface area contributed by atoms with Crippen LogP contribution in [0.2, 0.25) is 0 Å². The number of likely N-dealkylation sites (N-methyl/N-ethyl adjacent to an activating group) is 1. The summed E-state index contributed by atoms with van der Waals surface area (Å²) in [4.78, 5) is 27.5. The number of carbonyl (C=O) groups is 2. The lowest BCUT2D eigenvalue weighted by molar-refractivity contribution is -0.158. The summed E-state index contributed by atoms with van der Waals surface area (Å²) in [5.41, 5.74) is 2.33. The van der Waals surface area contributed by atoms with Crippen LogP contribution in [0.1, 0.15) is 24.0 Å². The molecule has 2 heterocycles. The number of nitrogens with one attached hydrogen (secondary N) is 1. The van der Waals surface area contributed by atoms with E-state index in [9.17, 15) is 9.59 Å². The second-order valence-corrected chi connectivity index (χ2v) is 8.56. The molecule has 2 saturated heterocycles. The summed E-state index contributed by atoms with van der Waals surface area (Å²) in [6.45, 7) is 4.73. The van der Waals surface area contributed by atoms with E-state index in [2.05, 4.69) is 36.5 Å². The summed E-state index contributed by atoms with van der Waals surface area (Å²) in [6.07, 6.45) is 1.74. The Morgan fingerprint density at radius 2 is 2.15 bits per heavy atom. The summed E-state index contributed by atoms with van der Waals surface area (Å²) in [6, 6.07) is 8.43. The van der Waals surface area contributed by atoms with Gasteiger partial charge >= 0.3 is 6.03 Å². The van der Waals surface area contributed by atoms with Crippen LogP contribution in [0.5, 0.6) is 0 Å². The van der Waals surface area contributed by atoms with Gasteiger partial charge in [-0.1, -0.05) is 24.3 Å². The highest BCUT2D eigenvalue weighted by molar-refractivity contribution is 7.98. The van der Waals surface area contributed by atoms with Crippen LogP contribution in [0.25, 0.3) is 0 Å². The van der Waals surface area contributed by atoms with E-state index in [4.69, 9.17) is 4.74 Å². The van der Waals surface area contributed by atoms with Gasteiger partial charge in [-0.25, -0.2) is 4.79 Å². The fourth-order valence-corrected chi connectivity index (χ4v) is 4.63. The van der Waals surface area contributed by atoms with Crippen molar-refractivity contribution in [1.29, 1.82) is 0 Å². The third-order valence-electron chi connectivity index (χ3n) is 5.32. The van der Waals surface area contributed by atoms with Crippen LogP contribution in [0.4, 0.5) is 4.79 Å². The maximum Gasteiger partial charge on any atom is 0.317 e. The molecule has 3 rings (SSSR count). The minimum Gasteiger partial charge on any atom is -0.361 e. The minimum absolute atomic E-state index is 0.00622. The third kappa shape index (κ3) is 5.17. The molecule has 1 aromatic carbocycles. The zero-order chi connectivity index (χ0) is 19.3. The molecule has 0 aromatic heterocycles. The average Bonchev–Trinajstić information content (AvgIpc) is 3.06. The Balaban J connectivity index is 1.32. The molecule has 7 heteroatoms. The van der Waals surface area contributed by atoms with E-state index >= 15 is 0 Å². The SMILES string of the molecule is Cc1ccccc1CSCCCNC(=O)N1CCC2(CN(C)C(=O)CO2)C1. The number of ether oxygens (including phenoxy) is 1. The molecular weight excluding hydrogens is 362 g/mol. The Morgan fingerprint density at radius 1 is 1.33 bits per heavy atom. The van der Waals surface area contributed by atoms with E-state index in [-0.39, 0.29) is 24.1 Å². The van der Waals surface area contributed by atoms with Crippen molar-refractivity contribution < 1.29 is 14.3 Å². The molecule has 148 valence electrons. The lowest BCUT2D eigenvalue weighted by Gasteiger charge is -2.38. The molecule has 0 radical (unpaired) electrons. The molecule has 2 aliphatic rings. The van der Waals surface area contributed by atoms with Crippen LogP contribution in [0, 0.1) is 6.92 Å². The predicted molar refractivity (Wildman–Crippen MR) is 108 cm³/mol. The standard InChI is InChI=1S/C20H29N3O3S/c1-16-6-3-4-7-17(16)13-27-11-5-9-21-19(25)23-10-8-20(15-23)14-22(2)18(24)12-26-20/h3-4,6-7H,5,8-15H2,1-2H3,(H,21,25). The van der Waals surface area contributed by atoms with Gasteiger partial charge in [0.15, 0.2) is 0 Å². The van der Waals surface area contributed by atoms with E-state index in [0.29, 0.717) is 26.2 Å². The predicted octanol–water partition coefficient (Wildman–Crippen LogP) is 2.26. The Morgan fingerprint density at radius 3 is 2.93 bits per heavy atom. The van der Waals surface area contributed by atoms with Crippen LogP contribution in [-0.4, -0.2) is 72.9 Å². The van der Waals surface area contributed by atoms with Gasteiger partial charge in [0.25, 0.3) is 0 Å². The Labute approximate surface area is 165 Å². The topological polar surface area (TPSA) is 61.9 Å². The van der Waals surface area contributed by atoms with Gasteiger partial charge in [0.2, 0.25) is 5.91 Å². The van der Waals surface area contributed by atoms with Crippen LogP contribution < -0.4 is 5.32 Å². The van der Waals surface area contributed by atoms with E-state index in [1.54, 1.807) is 11.9 Å². The lowest BCUT2D eigenvalue weighted by Crippen LogP contribution is -2.55. The number of aryl methyl sites for hydroxylation is 1. The maximum absolute atomic E-state index is 12.4. The number of urea groups is 1. The average molecular weight is 392 g/mol. The molecule has 0 aliphatic carbocycles. The molecule has 0 saturated carbocycles. The number of thioether (sulfide) groups is 1. The number of hydrogen-bond acceptors (Lipinski definition) is 4. The van der Waals surface area contributed by atoms with Gasteiger partial charge in [-0.2, -0.15) is 11.8 Å². The van der Waals surface area contributed by atoms with Crippen molar-refractivity contribution in [1.82, 2.24) is 15.1 Å². The first-order valence-corrected chi connectivity index (χ1v) is 10.7. The van der Waals surface area contributed by atoms with Crippen molar-refractivity contribution in [2.75, 3.05) is 45.6 Å². The molecule has 0 bridgehead atoms. The van der Waals surface area contributed by atoms with Gasteiger partial charge in [-0.3, -0.25) is 4.79 Å². The monoisotopic (exact) mass is 391 g/mol. The molecule has 27 heavy (non-hydrogen) atoms. The fourth-order valence-electron chi connectivity index (χ4n) is 3.59. The van der Waals surface area contributed by atoms with Crippen molar-refractivity contribution in [3.63, 3.8) is 0 Å². The van der Waals surface area contributed by atoms with E-state index in [1.165, 1.54) is 11.1 Å². The zero-order valence-corrected chi connectivity index (χ0v) is 17.0. The highest BCUT2D eigenvalue weighted by Crippen LogP contribution is 2.29. The van der Waals surface area contributed by atoms with Crippen LogP contribution in [0.15, 0.2) is 24.3 Å². The Hall–Kier alpha value is -1.73. The molecule has 3 amide bonds. The number of nitrogens with zero attached hydrogens (tertiary/aromatic N) is 2. The first kappa shape index (κ1) is 20.0. The largest absolute Gasteiger partial charge is 0.361 e. The lowest BCUT2D eigenvalue weighted by atomic mass is 10.0. The Kier molecular flexibility index (Phi) is 6.65. The fraction of sp³-hybridized carbons (Fsp3) is 0.600. The number of carbonyl (C=O) groups excluding carboxylic acids is 2. The summed E-state index contributed by atoms with van der Waals surface area (Å²) >= 11 is 1.90. The van der Waals surface area contributed by atoms with Crippen molar-refractivity contribution in [2.24, 2.45) is 0 Å². The molecular formula is C20H29N3O3S.